The molecule has 0 aliphatic carbocycles. The summed E-state index contributed by atoms with van der Waals surface area (Å²) in [6, 6.07) is 0.338. The number of nitrogens with one attached hydrogen (secondary N) is 1. The Bertz CT molecular complexity index is 610. The molecule has 0 atom stereocenters. The maximum atomic E-state index is 13.6. The molecule has 1 aromatic rings. The molecule has 120 valence electrons. The lowest BCUT2D eigenvalue weighted by molar-refractivity contribution is -0.388. The second-order valence-corrected chi connectivity index (χ2v) is 4.90. The lowest BCUT2D eigenvalue weighted by atomic mass is 10.2. The number of likely N-dealkylation sites (tertiary alicyclic amines) is 1. The van der Waals surface area contributed by atoms with Crippen molar-refractivity contribution in [3.63, 3.8) is 0 Å². The Morgan fingerprint density at radius 1 is 1.32 bits per heavy atom. The summed E-state index contributed by atoms with van der Waals surface area (Å²) < 4.78 is 40.7. The van der Waals surface area contributed by atoms with E-state index < -0.39 is 33.7 Å². The van der Waals surface area contributed by atoms with E-state index in [1.54, 1.807) is 4.90 Å². The number of nitro groups is 1. The summed E-state index contributed by atoms with van der Waals surface area (Å²) in [4.78, 5) is 22.3. The van der Waals surface area contributed by atoms with Crippen LogP contribution in [0.3, 0.4) is 0 Å². The summed E-state index contributed by atoms with van der Waals surface area (Å²) >= 11 is 0. The zero-order chi connectivity index (χ0) is 16.3. The molecule has 1 aliphatic heterocycles. The van der Waals surface area contributed by atoms with E-state index in [-0.39, 0.29) is 12.5 Å². The van der Waals surface area contributed by atoms with E-state index in [4.69, 9.17) is 0 Å². The highest BCUT2D eigenvalue weighted by Gasteiger charge is 2.25. The summed E-state index contributed by atoms with van der Waals surface area (Å²) in [5.41, 5.74) is -1.99. The Kier molecular flexibility index (Phi) is 4.84. The highest BCUT2D eigenvalue weighted by Crippen LogP contribution is 2.28. The van der Waals surface area contributed by atoms with Crippen LogP contribution in [0, 0.1) is 27.6 Å². The van der Waals surface area contributed by atoms with Gasteiger partial charge < -0.3 is 10.2 Å². The van der Waals surface area contributed by atoms with Gasteiger partial charge in [-0.05, 0) is 12.8 Å². The average Bonchev–Trinajstić information content (AvgIpc) is 2.87. The van der Waals surface area contributed by atoms with Gasteiger partial charge in [0, 0.05) is 26.1 Å². The molecule has 1 heterocycles. The molecule has 1 amide bonds. The topological polar surface area (TPSA) is 75.5 Å². The van der Waals surface area contributed by atoms with Crippen LogP contribution in [0.4, 0.5) is 24.5 Å². The van der Waals surface area contributed by atoms with Gasteiger partial charge in [0.1, 0.15) is 5.69 Å². The molecule has 0 spiro atoms. The standard InChI is InChI=1S/C13H14F3N3O3/c14-8-7-9(19(21)22)11(15)12(16)13(8)17-4-2-6-18-5-1-3-10(18)20/h7,17H,1-6H2. The molecule has 6 nitrogen and oxygen atoms in total. The SMILES string of the molecule is O=C1CCCN1CCCNc1c(F)cc([N+](=O)[O-])c(F)c1F. The molecule has 9 heteroatoms. The number of hydrogen-bond donors (Lipinski definition) is 1. The third kappa shape index (κ3) is 3.29. The van der Waals surface area contributed by atoms with Crippen LogP contribution in [0.1, 0.15) is 19.3 Å². The van der Waals surface area contributed by atoms with Gasteiger partial charge >= 0.3 is 5.69 Å². The van der Waals surface area contributed by atoms with E-state index in [2.05, 4.69) is 5.32 Å². The zero-order valence-corrected chi connectivity index (χ0v) is 11.6. The fraction of sp³-hybridized carbons (Fsp3) is 0.462. The number of amides is 1. The third-order valence-corrected chi connectivity index (χ3v) is 3.41. The van der Waals surface area contributed by atoms with E-state index >= 15 is 0 Å². The van der Waals surface area contributed by atoms with Crippen LogP contribution >= 0.6 is 0 Å². The van der Waals surface area contributed by atoms with Crippen LogP contribution in [-0.2, 0) is 4.79 Å². The molecule has 1 saturated heterocycles. The van der Waals surface area contributed by atoms with Crippen molar-refractivity contribution >= 4 is 17.3 Å². The minimum atomic E-state index is -1.70. The largest absolute Gasteiger partial charge is 0.380 e. The molecule has 1 fully saturated rings. The van der Waals surface area contributed by atoms with E-state index in [1.807, 2.05) is 0 Å². The van der Waals surface area contributed by atoms with Crippen LogP contribution in [0.25, 0.3) is 0 Å². The van der Waals surface area contributed by atoms with Gasteiger partial charge in [0.05, 0.1) is 11.0 Å². The van der Waals surface area contributed by atoms with Gasteiger partial charge in [-0.3, -0.25) is 14.9 Å². The smallest absolute Gasteiger partial charge is 0.310 e. The number of hydrogen-bond acceptors (Lipinski definition) is 4. The van der Waals surface area contributed by atoms with Crippen molar-refractivity contribution in [1.82, 2.24) is 4.90 Å². The van der Waals surface area contributed by atoms with E-state index in [0.29, 0.717) is 32.0 Å². The second kappa shape index (κ2) is 6.63. The Morgan fingerprint density at radius 2 is 2.05 bits per heavy atom. The van der Waals surface area contributed by atoms with Gasteiger partial charge in [0.25, 0.3) is 0 Å². The number of anilines is 1. The van der Waals surface area contributed by atoms with E-state index in [9.17, 15) is 28.1 Å². The zero-order valence-electron chi connectivity index (χ0n) is 11.6. The maximum absolute atomic E-state index is 13.6. The first-order valence-electron chi connectivity index (χ1n) is 6.75. The van der Waals surface area contributed by atoms with Crippen molar-refractivity contribution in [2.45, 2.75) is 19.3 Å². The maximum Gasteiger partial charge on any atom is 0.310 e. The number of benzene rings is 1. The van der Waals surface area contributed by atoms with Gasteiger partial charge in [0.2, 0.25) is 11.7 Å². The fourth-order valence-electron chi connectivity index (χ4n) is 2.30. The quantitative estimate of drug-likeness (QED) is 0.378. The number of nitrogens with zero attached hydrogens (tertiary/aromatic N) is 2. The van der Waals surface area contributed by atoms with Crippen LogP contribution in [0.5, 0.6) is 0 Å². The van der Waals surface area contributed by atoms with Gasteiger partial charge in [-0.15, -0.1) is 0 Å². The summed E-state index contributed by atoms with van der Waals surface area (Å²) in [6.07, 6.45) is 1.72. The highest BCUT2D eigenvalue weighted by molar-refractivity contribution is 5.78. The summed E-state index contributed by atoms with van der Waals surface area (Å²) in [6.45, 7) is 1.20. The number of carbonyl (C=O) groups is 1. The minimum Gasteiger partial charge on any atom is -0.380 e. The third-order valence-electron chi connectivity index (χ3n) is 3.41. The number of rotatable bonds is 6. The van der Waals surface area contributed by atoms with Crippen molar-refractivity contribution in [2.24, 2.45) is 0 Å². The normalized spacial score (nSPS) is 14.5. The molecule has 0 bridgehead atoms. The Balaban J connectivity index is 1.97. The first-order chi connectivity index (χ1) is 10.4. The Morgan fingerprint density at radius 3 is 2.64 bits per heavy atom. The molecule has 0 saturated carbocycles. The summed E-state index contributed by atoms with van der Waals surface area (Å²) in [5, 5.41) is 12.8. The van der Waals surface area contributed by atoms with Crippen molar-refractivity contribution in [3.05, 3.63) is 33.6 Å². The molecule has 0 unspecified atom stereocenters. The number of nitro benzene ring substituents is 1. The molecule has 1 aromatic carbocycles. The monoisotopic (exact) mass is 317 g/mol. The van der Waals surface area contributed by atoms with Crippen LogP contribution in [0.15, 0.2) is 6.07 Å². The molecule has 1 aliphatic rings. The van der Waals surface area contributed by atoms with Crippen LogP contribution < -0.4 is 5.32 Å². The molecule has 1 N–H and O–H groups in total. The van der Waals surface area contributed by atoms with Crippen molar-refractivity contribution in [3.8, 4) is 0 Å². The molecular weight excluding hydrogens is 303 g/mol. The first-order valence-corrected chi connectivity index (χ1v) is 6.75. The number of carbonyl (C=O) groups excluding carboxylic acids is 1. The average molecular weight is 317 g/mol. The first kappa shape index (κ1) is 16.1. The Hall–Kier alpha value is -2.32. The molecule has 22 heavy (non-hydrogen) atoms. The number of halogens is 3. The summed E-state index contributed by atoms with van der Waals surface area (Å²) in [5.74, 6) is -4.52. The van der Waals surface area contributed by atoms with Gasteiger partial charge in [0.15, 0.2) is 11.6 Å². The van der Waals surface area contributed by atoms with Crippen molar-refractivity contribution in [2.75, 3.05) is 25.0 Å². The van der Waals surface area contributed by atoms with E-state index in [1.165, 1.54) is 0 Å². The van der Waals surface area contributed by atoms with E-state index in [0.717, 1.165) is 6.42 Å². The summed E-state index contributed by atoms with van der Waals surface area (Å²) in [7, 11) is 0. The molecule has 0 radical (unpaired) electrons. The van der Waals surface area contributed by atoms with Gasteiger partial charge in [-0.1, -0.05) is 0 Å². The van der Waals surface area contributed by atoms with Crippen LogP contribution in [-0.4, -0.2) is 35.4 Å². The van der Waals surface area contributed by atoms with Crippen molar-refractivity contribution in [1.29, 1.82) is 0 Å². The predicted molar refractivity (Wildman–Crippen MR) is 71.9 cm³/mol. The second-order valence-electron chi connectivity index (χ2n) is 4.90. The predicted octanol–water partition coefficient (Wildman–Crippen LogP) is 2.44. The molecular formula is C13H14F3N3O3. The minimum absolute atomic E-state index is 0.0405. The lowest BCUT2D eigenvalue weighted by Crippen LogP contribution is -2.27. The highest BCUT2D eigenvalue weighted by atomic mass is 19.2. The van der Waals surface area contributed by atoms with Gasteiger partial charge in [-0.2, -0.15) is 4.39 Å². The van der Waals surface area contributed by atoms with Crippen molar-refractivity contribution < 1.29 is 22.9 Å². The molecule has 2 rings (SSSR count). The fourth-order valence-corrected chi connectivity index (χ4v) is 2.30. The lowest BCUT2D eigenvalue weighted by Gasteiger charge is -2.16. The van der Waals surface area contributed by atoms with Gasteiger partial charge in [-0.25, -0.2) is 8.78 Å². The Labute approximate surface area is 124 Å². The van der Waals surface area contributed by atoms with Crippen LogP contribution in [0.2, 0.25) is 0 Å². The molecule has 0 aromatic heterocycles.